The van der Waals surface area contributed by atoms with Crippen molar-refractivity contribution in [2.75, 3.05) is 18.6 Å². The fourth-order valence-electron chi connectivity index (χ4n) is 3.85. The Kier molecular flexibility index (Phi) is 4.38. The average Bonchev–Trinajstić information content (AvgIpc) is 3.25. The summed E-state index contributed by atoms with van der Waals surface area (Å²) in [4.78, 5) is 35.7. The normalized spacial score (nSPS) is 21.2. The lowest BCUT2D eigenvalue weighted by Gasteiger charge is -2.23. The lowest BCUT2D eigenvalue weighted by molar-refractivity contribution is -0.131. The molecule has 1 saturated heterocycles. The number of fused-ring (bicyclic) bond motifs is 3. The molecule has 1 atom stereocenters. The Labute approximate surface area is 155 Å². The van der Waals surface area contributed by atoms with Crippen LogP contribution in [0.15, 0.2) is 4.79 Å². The van der Waals surface area contributed by atoms with Crippen molar-refractivity contribution < 1.29 is 13.2 Å². The van der Waals surface area contributed by atoms with Gasteiger partial charge in [0, 0.05) is 30.8 Å². The molecule has 0 bridgehead atoms. The molecule has 140 valence electrons. The summed E-state index contributed by atoms with van der Waals surface area (Å²) >= 11 is 1.58. The van der Waals surface area contributed by atoms with Gasteiger partial charge in [0.25, 0.3) is 5.56 Å². The minimum atomic E-state index is -3.02. The smallest absolute Gasteiger partial charge is 0.259 e. The van der Waals surface area contributed by atoms with Crippen LogP contribution < -0.4 is 5.56 Å². The first-order valence-corrected chi connectivity index (χ1v) is 11.5. The molecule has 0 radical (unpaired) electrons. The fraction of sp³-hybridized carbons (Fsp3) is 0.588. The third-order valence-electron chi connectivity index (χ3n) is 5.35. The molecule has 2 aromatic rings. The van der Waals surface area contributed by atoms with Crippen LogP contribution in [0.3, 0.4) is 0 Å². The Bertz CT molecular complexity index is 1040. The maximum atomic E-state index is 12.4. The van der Waals surface area contributed by atoms with E-state index in [-0.39, 0.29) is 35.4 Å². The van der Waals surface area contributed by atoms with Crippen LogP contribution in [0.25, 0.3) is 10.2 Å². The molecule has 0 aromatic carbocycles. The van der Waals surface area contributed by atoms with Crippen molar-refractivity contribution in [2.45, 2.75) is 44.6 Å². The quantitative estimate of drug-likeness (QED) is 0.834. The number of thiophene rings is 1. The first kappa shape index (κ1) is 17.7. The SMILES string of the molecule is CN(C(=O)CCc1nc2sc3c(c2c(=O)[nH]1)CCC3)C1CCS(=O)(=O)C1. The van der Waals surface area contributed by atoms with Gasteiger partial charge in [-0.1, -0.05) is 0 Å². The minimum Gasteiger partial charge on any atom is -0.342 e. The van der Waals surface area contributed by atoms with Crippen LogP contribution in [0.2, 0.25) is 0 Å². The minimum absolute atomic E-state index is 0.0387. The van der Waals surface area contributed by atoms with Crippen molar-refractivity contribution in [1.82, 2.24) is 14.9 Å². The number of aryl methyl sites for hydroxylation is 3. The predicted molar refractivity (Wildman–Crippen MR) is 100 cm³/mol. The standard InChI is InChI=1S/C17H21N3O4S2/c1-20(10-7-8-26(23,24)9-10)14(21)6-5-13-18-16(22)15-11-3-2-4-12(11)25-17(15)19-13/h10H,2-9H2,1H3,(H,18,19,22). The molecule has 1 unspecified atom stereocenters. The highest BCUT2D eigenvalue weighted by Crippen LogP contribution is 2.34. The number of rotatable bonds is 4. The number of sulfone groups is 1. The highest BCUT2D eigenvalue weighted by Gasteiger charge is 2.32. The zero-order valence-electron chi connectivity index (χ0n) is 14.6. The zero-order valence-corrected chi connectivity index (χ0v) is 16.2. The summed E-state index contributed by atoms with van der Waals surface area (Å²) in [5, 5.41) is 0.714. The zero-order chi connectivity index (χ0) is 18.5. The van der Waals surface area contributed by atoms with E-state index < -0.39 is 9.84 Å². The van der Waals surface area contributed by atoms with Gasteiger partial charge in [-0.05, 0) is 31.2 Å². The first-order valence-electron chi connectivity index (χ1n) is 8.83. The maximum absolute atomic E-state index is 12.4. The molecular weight excluding hydrogens is 374 g/mol. The molecule has 1 amide bonds. The number of nitrogens with zero attached hydrogens (tertiary/aromatic N) is 2. The number of H-pyrrole nitrogens is 1. The molecule has 3 heterocycles. The van der Waals surface area contributed by atoms with E-state index in [1.54, 1.807) is 18.4 Å². The predicted octanol–water partition coefficient (Wildman–Crippen LogP) is 1.05. The van der Waals surface area contributed by atoms with Gasteiger partial charge in [-0.3, -0.25) is 9.59 Å². The summed E-state index contributed by atoms with van der Waals surface area (Å²) in [5.41, 5.74) is 1.02. The summed E-state index contributed by atoms with van der Waals surface area (Å²) in [6.45, 7) is 0. The molecule has 1 N–H and O–H groups in total. The van der Waals surface area contributed by atoms with E-state index in [2.05, 4.69) is 9.97 Å². The van der Waals surface area contributed by atoms with E-state index >= 15 is 0 Å². The van der Waals surface area contributed by atoms with Gasteiger partial charge in [0.2, 0.25) is 5.91 Å². The molecule has 4 rings (SSSR count). The van der Waals surface area contributed by atoms with Crippen molar-refractivity contribution in [3.05, 3.63) is 26.6 Å². The Balaban J connectivity index is 1.46. The van der Waals surface area contributed by atoms with Crippen LogP contribution in [0.1, 0.15) is 35.5 Å². The summed E-state index contributed by atoms with van der Waals surface area (Å²) in [7, 11) is -1.37. The monoisotopic (exact) mass is 395 g/mol. The van der Waals surface area contributed by atoms with E-state index in [0.717, 1.165) is 29.7 Å². The van der Waals surface area contributed by atoms with Crippen LogP contribution in [0.5, 0.6) is 0 Å². The molecule has 1 fully saturated rings. The van der Waals surface area contributed by atoms with Gasteiger partial charge in [-0.25, -0.2) is 13.4 Å². The molecule has 7 nitrogen and oxygen atoms in total. The topological polar surface area (TPSA) is 100 Å². The van der Waals surface area contributed by atoms with Gasteiger partial charge in [0.1, 0.15) is 10.7 Å². The van der Waals surface area contributed by atoms with Crippen molar-refractivity contribution in [3.63, 3.8) is 0 Å². The van der Waals surface area contributed by atoms with Gasteiger partial charge in [-0.2, -0.15) is 0 Å². The van der Waals surface area contributed by atoms with Gasteiger partial charge in [0.15, 0.2) is 9.84 Å². The number of carbonyl (C=O) groups excluding carboxylic acids is 1. The third-order valence-corrected chi connectivity index (χ3v) is 8.29. The first-order chi connectivity index (χ1) is 12.3. The number of carbonyl (C=O) groups is 1. The summed E-state index contributed by atoms with van der Waals surface area (Å²) in [6, 6.07) is -0.248. The number of amides is 1. The van der Waals surface area contributed by atoms with Crippen LogP contribution in [0.4, 0.5) is 0 Å². The Morgan fingerprint density at radius 2 is 2.19 bits per heavy atom. The molecule has 0 saturated carbocycles. The van der Waals surface area contributed by atoms with Crippen molar-refractivity contribution >= 4 is 37.3 Å². The number of hydrogen-bond donors (Lipinski definition) is 1. The van der Waals surface area contributed by atoms with Gasteiger partial charge < -0.3 is 9.88 Å². The highest BCUT2D eigenvalue weighted by molar-refractivity contribution is 7.91. The van der Waals surface area contributed by atoms with Gasteiger partial charge >= 0.3 is 0 Å². The van der Waals surface area contributed by atoms with Crippen molar-refractivity contribution in [3.8, 4) is 0 Å². The third kappa shape index (κ3) is 3.18. The highest BCUT2D eigenvalue weighted by atomic mass is 32.2. The summed E-state index contributed by atoms with van der Waals surface area (Å²) in [5.74, 6) is 0.577. The van der Waals surface area contributed by atoms with Gasteiger partial charge in [-0.15, -0.1) is 11.3 Å². The molecule has 9 heteroatoms. The lowest BCUT2D eigenvalue weighted by Crippen LogP contribution is -2.38. The van der Waals surface area contributed by atoms with E-state index in [0.29, 0.717) is 24.1 Å². The number of hydrogen-bond acceptors (Lipinski definition) is 6. The largest absolute Gasteiger partial charge is 0.342 e. The molecule has 2 aliphatic rings. The molecule has 0 spiro atoms. The molecule has 2 aromatic heterocycles. The van der Waals surface area contributed by atoms with Crippen molar-refractivity contribution in [2.24, 2.45) is 0 Å². The lowest BCUT2D eigenvalue weighted by atomic mass is 10.2. The second-order valence-corrected chi connectivity index (χ2v) is 10.4. The van der Waals surface area contributed by atoms with Crippen LogP contribution in [-0.4, -0.2) is 53.8 Å². The van der Waals surface area contributed by atoms with Crippen LogP contribution >= 0.6 is 11.3 Å². The Morgan fingerprint density at radius 1 is 1.38 bits per heavy atom. The average molecular weight is 396 g/mol. The second kappa shape index (κ2) is 6.45. The van der Waals surface area contributed by atoms with E-state index in [1.807, 2.05) is 0 Å². The van der Waals surface area contributed by atoms with E-state index in [4.69, 9.17) is 0 Å². The molecule has 26 heavy (non-hydrogen) atoms. The van der Waals surface area contributed by atoms with Crippen molar-refractivity contribution in [1.29, 1.82) is 0 Å². The Hall–Kier alpha value is -1.74. The van der Waals surface area contributed by atoms with Gasteiger partial charge in [0.05, 0.1) is 16.9 Å². The second-order valence-electron chi connectivity index (χ2n) is 7.11. The number of aromatic nitrogens is 2. The molecule has 1 aliphatic carbocycles. The summed E-state index contributed by atoms with van der Waals surface area (Å²) in [6.07, 6.45) is 4.08. The fourth-order valence-corrected chi connectivity index (χ4v) is 6.91. The maximum Gasteiger partial charge on any atom is 0.259 e. The number of aromatic amines is 1. The van der Waals surface area contributed by atoms with E-state index in [9.17, 15) is 18.0 Å². The molecule has 1 aliphatic heterocycles. The molecular formula is C17H21N3O4S2. The van der Waals surface area contributed by atoms with E-state index in [1.165, 1.54) is 9.78 Å². The number of nitrogens with one attached hydrogen (secondary N) is 1. The van der Waals surface area contributed by atoms with Crippen LogP contribution in [-0.2, 0) is 33.9 Å². The summed E-state index contributed by atoms with van der Waals surface area (Å²) < 4.78 is 23.2. The van der Waals surface area contributed by atoms with Crippen LogP contribution in [0, 0.1) is 0 Å². The Morgan fingerprint density at radius 3 is 2.92 bits per heavy atom.